The Kier molecular flexibility index (Phi) is 3.23. The number of carbonyl (C=O) groups excluding carboxylic acids is 1. The molecule has 0 unspecified atom stereocenters. The van der Waals surface area contributed by atoms with Gasteiger partial charge in [-0.2, -0.15) is 0 Å². The third-order valence-electron chi connectivity index (χ3n) is 1.82. The van der Waals surface area contributed by atoms with Gasteiger partial charge in [0.25, 0.3) is 0 Å². The fraction of sp³-hybridized carbons (Fsp3) is 0.0909. The second-order valence-electron chi connectivity index (χ2n) is 3.00. The lowest BCUT2D eigenvalue weighted by molar-refractivity contribution is -0.131. The van der Waals surface area contributed by atoms with Gasteiger partial charge in [-0.3, -0.25) is 4.79 Å². The minimum Gasteiger partial charge on any atom is -0.507 e. The largest absolute Gasteiger partial charge is 0.507 e. The van der Waals surface area contributed by atoms with Crippen LogP contribution in [-0.4, -0.2) is 22.0 Å². The SMILES string of the molecule is CC(=O)c1cc(C=CC(=O)O)ccc1O. The molecular formula is C11H10O4. The number of carboxylic acid groups (broad SMARTS) is 1. The summed E-state index contributed by atoms with van der Waals surface area (Å²) in [5, 5.41) is 17.7. The first-order chi connectivity index (χ1) is 7.00. The van der Waals surface area contributed by atoms with Crippen molar-refractivity contribution in [1.82, 2.24) is 0 Å². The van der Waals surface area contributed by atoms with Gasteiger partial charge in [0.1, 0.15) is 5.75 Å². The van der Waals surface area contributed by atoms with Crippen LogP contribution in [0.2, 0.25) is 0 Å². The van der Waals surface area contributed by atoms with Crippen LogP contribution in [0.4, 0.5) is 0 Å². The van der Waals surface area contributed by atoms with Gasteiger partial charge in [0.2, 0.25) is 0 Å². The second-order valence-corrected chi connectivity index (χ2v) is 3.00. The van der Waals surface area contributed by atoms with Crippen molar-refractivity contribution in [1.29, 1.82) is 0 Å². The number of carboxylic acids is 1. The molecule has 1 aromatic carbocycles. The topological polar surface area (TPSA) is 74.6 Å². The van der Waals surface area contributed by atoms with E-state index in [1.165, 1.54) is 31.2 Å². The molecule has 0 atom stereocenters. The molecule has 2 N–H and O–H groups in total. The zero-order valence-electron chi connectivity index (χ0n) is 8.10. The summed E-state index contributed by atoms with van der Waals surface area (Å²) in [6.07, 6.45) is 2.32. The van der Waals surface area contributed by atoms with E-state index in [-0.39, 0.29) is 17.1 Å². The van der Waals surface area contributed by atoms with Crippen LogP contribution in [-0.2, 0) is 4.79 Å². The Labute approximate surface area is 86.5 Å². The molecule has 0 aliphatic carbocycles. The van der Waals surface area contributed by atoms with Crippen molar-refractivity contribution in [3.63, 3.8) is 0 Å². The van der Waals surface area contributed by atoms with Gasteiger partial charge in [0, 0.05) is 6.08 Å². The van der Waals surface area contributed by atoms with E-state index in [1.807, 2.05) is 0 Å². The molecule has 15 heavy (non-hydrogen) atoms. The summed E-state index contributed by atoms with van der Waals surface area (Å²) < 4.78 is 0. The standard InChI is InChI=1S/C11H10O4/c1-7(12)9-6-8(2-4-10(9)13)3-5-11(14)15/h2-6,13H,1H3,(H,14,15). The Morgan fingerprint density at radius 3 is 2.53 bits per heavy atom. The molecule has 0 bridgehead atoms. The number of hydrogen-bond donors (Lipinski definition) is 2. The summed E-state index contributed by atoms with van der Waals surface area (Å²) in [5.74, 6) is -1.43. The molecule has 0 fully saturated rings. The molecule has 0 aromatic heterocycles. The smallest absolute Gasteiger partial charge is 0.328 e. The first-order valence-electron chi connectivity index (χ1n) is 4.25. The highest BCUT2D eigenvalue weighted by Crippen LogP contribution is 2.19. The van der Waals surface area contributed by atoms with Crippen molar-refractivity contribution in [3.8, 4) is 5.75 Å². The lowest BCUT2D eigenvalue weighted by Gasteiger charge is -2.01. The molecule has 0 spiro atoms. The molecule has 0 aliphatic rings. The maximum atomic E-state index is 11.1. The summed E-state index contributed by atoms with van der Waals surface area (Å²) >= 11 is 0. The minimum atomic E-state index is -1.06. The summed E-state index contributed by atoms with van der Waals surface area (Å²) in [4.78, 5) is 21.3. The Morgan fingerprint density at radius 2 is 2.00 bits per heavy atom. The first-order valence-corrected chi connectivity index (χ1v) is 4.25. The van der Waals surface area contributed by atoms with Gasteiger partial charge in [-0.1, -0.05) is 6.07 Å². The van der Waals surface area contributed by atoms with Gasteiger partial charge in [-0.05, 0) is 30.7 Å². The molecule has 4 heteroatoms. The van der Waals surface area contributed by atoms with E-state index in [1.54, 1.807) is 0 Å². The van der Waals surface area contributed by atoms with Gasteiger partial charge in [0.05, 0.1) is 5.56 Å². The highest BCUT2D eigenvalue weighted by Gasteiger charge is 2.05. The van der Waals surface area contributed by atoms with Crippen molar-refractivity contribution in [2.45, 2.75) is 6.92 Å². The van der Waals surface area contributed by atoms with Crippen molar-refractivity contribution in [3.05, 3.63) is 35.4 Å². The number of Topliss-reactive ketones (excluding diaryl/α,β-unsaturated/α-hetero) is 1. The first kappa shape index (κ1) is 11.0. The molecule has 0 saturated heterocycles. The maximum absolute atomic E-state index is 11.1. The number of phenolic OH excluding ortho intramolecular Hbond substituents is 1. The lowest BCUT2D eigenvalue weighted by Crippen LogP contribution is -1.93. The zero-order valence-corrected chi connectivity index (χ0v) is 8.10. The van der Waals surface area contributed by atoms with Crippen LogP contribution in [0.3, 0.4) is 0 Å². The summed E-state index contributed by atoms with van der Waals surface area (Å²) in [6.45, 7) is 1.33. The van der Waals surface area contributed by atoms with E-state index < -0.39 is 5.97 Å². The Bertz CT molecular complexity index is 432. The van der Waals surface area contributed by atoms with Crippen molar-refractivity contribution < 1.29 is 19.8 Å². The number of carbonyl (C=O) groups is 2. The molecule has 1 rings (SSSR count). The van der Waals surface area contributed by atoms with Gasteiger partial charge in [-0.15, -0.1) is 0 Å². The van der Waals surface area contributed by atoms with E-state index in [0.717, 1.165) is 6.08 Å². The highest BCUT2D eigenvalue weighted by molar-refractivity contribution is 5.97. The predicted molar refractivity (Wildman–Crippen MR) is 54.8 cm³/mol. The highest BCUT2D eigenvalue weighted by atomic mass is 16.4. The van der Waals surface area contributed by atoms with Gasteiger partial charge in [0.15, 0.2) is 5.78 Å². The molecule has 4 nitrogen and oxygen atoms in total. The number of phenols is 1. The molecule has 0 aliphatic heterocycles. The molecule has 0 amide bonds. The van der Waals surface area contributed by atoms with E-state index in [2.05, 4.69) is 0 Å². The molecule has 0 saturated carbocycles. The van der Waals surface area contributed by atoms with Crippen LogP contribution in [0.5, 0.6) is 5.75 Å². The van der Waals surface area contributed by atoms with Crippen LogP contribution in [0, 0.1) is 0 Å². The van der Waals surface area contributed by atoms with Gasteiger partial charge in [-0.25, -0.2) is 4.79 Å². The Balaban J connectivity index is 3.08. The Hall–Kier alpha value is -2.10. The lowest BCUT2D eigenvalue weighted by atomic mass is 10.1. The van der Waals surface area contributed by atoms with Crippen LogP contribution >= 0.6 is 0 Å². The number of aromatic hydroxyl groups is 1. The number of ketones is 1. The van der Waals surface area contributed by atoms with Crippen LogP contribution in [0.1, 0.15) is 22.8 Å². The molecule has 1 aromatic rings. The monoisotopic (exact) mass is 206 g/mol. The summed E-state index contributed by atoms with van der Waals surface area (Å²) in [6, 6.07) is 4.33. The van der Waals surface area contributed by atoms with E-state index >= 15 is 0 Å². The normalized spacial score (nSPS) is 10.5. The van der Waals surface area contributed by atoms with Gasteiger partial charge >= 0.3 is 5.97 Å². The number of benzene rings is 1. The quantitative estimate of drug-likeness (QED) is 0.583. The number of rotatable bonds is 3. The number of hydrogen-bond acceptors (Lipinski definition) is 3. The van der Waals surface area contributed by atoms with Crippen LogP contribution in [0.25, 0.3) is 6.08 Å². The van der Waals surface area contributed by atoms with Gasteiger partial charge < -0.3 is 10.2 Å². The van der Waals surface area contributed by atoms with Crippen LogP contribution < -0.4 is 0 Å². The Morgan fingerprint density at radius 1 is 1.33 bits per heavy atom. The fourth-order valence-corrected chi connectivity index (χ4v) is 1.11. The third-order valence-corrected chi connectivity index (χ3v) is 1.82. The van der Waals surface area contributed by atoms with Crippen molar-refractivity contribution in [2.24, 2.45) is 0 Å². The summed E-state index contributed by atoms with van der Waals surface area (Å²) in [7, 11) is 0. The summed E-state index contributed by atoms with van der Waals surface area (Å²) in [5.41, 5.74) is 0.739. The minimum absolute atomic E-state index is 0.102. The fourth-order valence-electron chi connectivity index (χ4n) is 1.11. The molecule has 0 radical (unpaired) electrons. The third kappa shape index (κ3) is 2.95. The molecule has 78 valence electrons. The van der Waals surface area contributed by atoms with Crippen molar-refractivity contribution >= 4 is 17.8 Å². The van der Waals surface area contributed by atoms with E-state index in [4.69, 9.17) is 5.11 Å². The van der Waals surface area contributed by atoms with Crippen molar-refractivity contribution in [2.75, 3.05) is 0 Å². The zero-order chi connectivity index (χ0) is 11.4. The average Bonchev–Trinajstić information content (AvgIpc) is 2.16. The van der Waals surface area contributed by atoms with E-state index in [0.29, 0.717) is 5.56 Å². The maximum Gasteiger partial charge on any atom is 0.328 e. The molecular weight excluding hydrogens is 196 g/mol. The molecule has 0 heterocycles. The number of aliphatic carboxylic acids is 1. The predicted octanol–water partition coefficient (Wildman–Crippen LogP) is 1.69. The van der Waals surface area contributed by atoms with Crippen LogP contribution in [0.15, 0.2) is 24.3 Å². The second kappa shape index (κ2) is 4.41. The van der Waals surface area contributed by atoms with E-state index in [9.17, 15) is 14.7 Å². The average molecular weight is 206 g/mol.